The van der Waals surface area contributed by atoms with Gasteiger partial charge in [0.15, 0.2) is 0 Å². The first kappa shape index (κ1) is 13.1. The molecule has 0 atom stereocenters. The summed E-state index contributed by atoms with van der Waals surface area (Å²) in [6.07, 6.45) is 1.96. The maximum atomic E-state index is 13.2. The Labute approximate surface area is 118 Å². The first-order valence-corrected chi connectivity index (χ1v) is 7.11. The minimum atomic E-state index is -0.139. The molecule has 2 heterocycles. The summed E-state index contributed by atoms with van der Waals surface area (Å²) in [5.41, 5.74) is 1.08. The van der Waals surface area contributed by atoms with Crippen LogP contribution in [-0.4, -0.2) is 26.2 Å². The van der Waals surface area contributed by atoms with Gasteiger partial charge in [0.1, 0.15) is 38.5 Å². The van der Waals surface area contributed by atoms with Gasteiger partial charge in [0, 0.05) is 11.6 Å². The minimum Gasteiger partial charge on any atom is -0.325 e. The first-order valence-electron chi connectivity index (χ1n) is 7.11. The maximum Gasteiger partial charge on any atom is 0.274 e. The zero-order chi connectivity index (χ0) is 13.8. The Morgan fingerprint density at radius 1 is 1.10 bits per heavy atom. The van der Waals surface area contributed by atoms with Crippen molar-refractivity contribution in [2.24, 2.45) is 0 Å². The van der Waals surface area contributed by atoms with Crippen LogP contribution in [0.4, 0.5) is 10.2 Å². The Kier molecular flexibility index (Phi) is 3.92. The molecule has 0 bridgehead atoms. The molecule has 3 nitrogen and oxygen atoms in total. The van der Waals surface area contributed by atoms with E-state index in [4.69, 9.17) is 0 Å². The van der Waals surface area contributed by atoms with E-state index in [1.54, 1.807) is 12.1 Å². The fraction of sp³-hybridized carbons (Fsp3) is 0.312. The maximum absolute atomic E-state index is 13.2. The zero-order valence-corrected chi connectivity index (χ0v) is 11.5. The minimum absolute atomic E-state index is 0.139. The number of hydrogen-bond acceptors (Lipinski definition) is 1. The van der Waals surface area contributed by atoms with Crippen molar-refractivity contribution in [3.63, 3.8) is 0 Å². The quantitative estimate of drug-likeness (QED) is 0.866. The third-order valence-corrected chi connectivity index (χ3v) is 3.85. The number of pyridine rings is 1. The number of aromatic nitrogens is 1. The van der Waals surface area contributed by atoms with E-state index in [9.17, 15) is 4.39 Å². The molecule has 1 saturated heterocycles. The topological polar surface area (TPSA) is 21.8 Å². The second kappa shape index (κ2) is 6.01. The highest BCUT2D eigenvalue weighted by molar-refractivity contribution is 5.31. The van der Waals surface area contributed by atoms with Crippen LogP contribution < -0.4 is 14.8 Å². The Bertz CT molecular complexity index is 551. The van der Waals surface area contributed by atoms with Crippen molar-refractivity contribution in [1.82, 2.24) is 0 Å². The lowest BCUT2D eigenvalue weighted by molar-refractivity contribution is -0.914. The Hall–Kier alpha value is -1.94. The van der Waals surface area contributed by atoms with Crippen molar-refractivity contribution in [1.29, 1.82) is 0 Å². The van der Waals surface area contributed by atoms with Crippen molar-refractivity contribution in [3.05, 3.63) is 60.0 Å². The van der Waals surface area contributed by atoms with E-state index in [0.717, 1.165) is 38.3 Å². The molecule has 0 unspecified atom stereocenters. The number of anilines is 1. The number of hydrogen-bond donors (Lipinski definition) is 1. The lowest BCUT2D eigenvalue weighted by Gasteiger charge is -2.28. The number of nitrogens with zero attached hydrogens (tertiary/aromatic N) is 1. The van der Waals surface area contributed by atoms with Crippen molar-refractivity contribution in [2.75, 3.05) is 31.1 Å². The van der Waals surface area contributed by atoms with Gasteiger partial charge in [-0.05, 0) is 18.2 Å². The van der Waals surface area contributed by atoms with Gasteiger partial charge < -0.3 is 4.90 Å². The molecule has 2 N–H and O–H groups in total. The van der Waals surface area contributed by atoms with Gasteiger partial charge in [0.25, 0.3) is 5.82 Å². The van der Waals surface area contributed by atoms with E-state index in [-0.39, 0.29) is 5.82 Å². The van der Waals surface area contributed by atoms with Crippen LogP contribution in [0.5, 0.6) is 0 Å². The summed E-state index contributed by atoms with van der Waals surface area (Å²) >= 11 is 0. The second-order valence-electron chi connectivity index (χ2n) is 5.29. The van der Waals surface area contributed by atoms with Gasteiger partial charge in [-0.3, -0.25) is 4.90 Å². The number of quaternary nitrogens is 1. The van der Waals surface area contributed by atoms with Crippen LogP contribution in [0.15, 0.2) is 48.7 Å². The predicted molar refractivity (Wildman–Crippen MR) is 76.0 cm³/mol. The summed E-state index contributed by atoms with van der Waals surface area (Å²) in [5.74, 6) is 1.04. The summed E-state index contributed by atoms with van der Waals surface area (Å²) in [6, 6.07) is 13.1. The van der Waals surface area contributed by atoms with Gasteiger partial charge >= 0.3 is 0 Å². The number of aromatic amines is 1. The molecule has 0 saturated carbocycles. The Morgan fingerprint density at radius 2 is 1.95 bits per heavy atom. The summed E-state index contributed by atoms with van der Waals surface area (Å²) in [5, 5.41) is 0. The molecule has 0 spiro atoms. The van der Waals surface area contributed by atoms with Gasteiger partial charge in [-0.2, -0.15) is 0 Å². The molecular formula is C16H20FN3+2. The first-order chi connectivity index (χ1) is 9.81. The summed E-state index contributed by atoms with van der Waals surface area (Å²) in [7, 11) is 0. The van der Waals surface area contributed by atoms with E-state index < -0.39 is 0 Å². The van der Waals surface area contributed by atoms with Crippen LogP contribution in [0.3, 0.4) is 0 Å². The summed E-state index contributed by atoms with van der Waals surface area (Å²) in [4.78, 5) is 7.16. The normalized spacial score (nSPS) is 16.4. The van der Waals surface area contributed by atoms with Crippen molar-refractivity contribution in [3.8, 4) is 0 Å². The van der Waals surface area contributed by atoms with Crippen LogP contribution in [0, 0.1) is 5.82 Å². The molecule has 1 aliphatic heterocycles. The van der Waals surface area contributed by atoms with E-state index in [1.165, 1.54) is 16.8 Å². The predicted octanol–water partition coefficient (Wildman–Crippen LogP) is 0.545. The second-order valence-corrected chi connectivity index (χ2v) is 5.29. The molecule has 20 heavy (non-hydrogen) atoms. The molecule has 1 aromatic heterocycles. The van der Waals surface area contributed by atoms with Gasteiger partial charge in [-0.25, -0.2) is 9.37 Å². The zero-order valence-electron chi connectivity index (χ0n) is 11.5. The largest absolute Gasteiger partial charge is 0.325 e. The molecule has 1 aliphatic rings. The molecule has 2 aromatic rings. The molecule has 3 rings (SSSR count). The average molecular weight is 273 g/mol. The third kappa shape index (κ3) is 3.14. The molecule has 1 fully saturated rings. The molecule has 0 radical (unpaired) electrons. The Morgan fingerprint density at radius 3 is 2.65 bits per heavy atom. The number of halogens is 1. The van der Waals surface area contributed by atoms with Crippen LogP contribution in [0.25, 0.3) is 0 Å². The molecule has 0 aliphatic carbocycles. The number of piperazine rings is 1. The van der Waals surface area contributed by atoms with Crippen LogP contribution in [-0.2, 0) is 6.54 Å². The fourth-order valence-electron chi connectivity index (χ4n) is 2.76. The highest BCUT2D eigenvalue weighted by Gasteiger charge is 2.25. The molecule has 1 aromatic carbocycles. The monoisotopic (exact) mass is 273 g/mol. The third-order valence-electron chi connectivity index (χ3n) is 3.85. The van der Waals surface area contributed by atoms with Crippen molar-refractivity contribution < 1.29 is 14.3 Å². The van der Waals surface area contributed by atoms with Crippen molar-refractivity contribution >= 4 is 5.82 Å². The van der Waals surface area contributed by atoms with Gasteiger partial charge in [-0.1, -0.05) is 18.2 Å². The van der Waals surface area contributed by atoms with E-state index >= 15 is 0 Å². The van der Waals surface area contributed by atoms with E-state index in [0.29, 0.717) is 0 Å². The number of H-pyrrole nitrogens is 1. The average Bonchev–Trinajstić information content (AvgIpc) is 2.49. The van der Waals surface area contributed by atoms with Gasteiger partial charge in [-0.15, -0.1) is 0 Å². The van der Waals surface area contributed by atoms with Crippen LogP contribution >= 0.6 is 0 Å². The van der Waals surface area contributed by atoms with Gasteiger partial charge in [0.05, 0.1) is 6.20 Å². The van der Waals surface area contributed by atoms with Crippen LogP contribution in [0.2, 0.25) is 0 Å². The standard InChI is InChI=1S/C16H18FN3/c17-15-5-3-4-14(12-15)13-19-8-10-20(11-9-19)16-6-1-2-7-18-16/h1-7,12H,8-11,13H2/p+2. The number of benzene rings is 1. The molecule has 0 amide bonds. The number of nitrogens with one attached hydrogen (secondary N) is 2. The van der Waals surface area contributed by atoms with E-state index in [1.807, 2.05) is 18.3 Å². The molecule has 104 valence electrons. The van der Waals surface area contributed by atoms with Gasteiger partial charge in [0.2, 0.25) is 0 Å². The SMILES string of the molecule is Fc1cccc(C[NH+]2CCN(c3cccc[nH+]3)CC2)c1. The van der Waals surface area contributed by atoms with Crippen LogP contribution in [0.1, 0.15) is 5.56 Å². The smallest absolute Gasteiger partial charge is 0.274 e. The summed E-state index contributed by atoms with van der Waals surface area (Å²) < 4.78 is 13.2. The lowest BCUT2D eigenvalue weighted by Crippen LogP contribution is -3.13. The number of rotatable bonds is 3. The fourth-order valence-corrected chi connectivity index (χ4v) is 2.76. The summed E-state index contributed by atoms with van der Waals surface area (Å²) in [6.45, 7) is 5.14. The van der Waals surface area contributed by atoms with E-state index in [2.05, 4.69) is 22.0 Å². The highest BCUT2D eigenvalue weighted by Crippen LogP contribution is 2.05. The highest BCUT2D eigenvalue weighted by atomic mass is 19.1. The van der Waals surface area contributed by atoms with Crippen molar-refractivity contribution in [2.45, 2.75) is 6.54 Å². The Balaban J connectivity index is 1.56. The lowest BCUT2D eigenvalue weighted by atomic mass is 10.2. The molecule has 4 heteroatoms. The molecular weight excluding hydrogens is 253 g/mol.